The lowest BCUT2D eigenvalue weighted by atomic mass is 9.94. The van der Waals surface area contributed by atoms with Gasteiger partial charge >= 0.3 is 0 Å². The van der Waals surface area contributed by atoms with E-state index >= 15 is 0 Å². The van der Waals surface area contributed by atoms with Crippen LogP contribution in [0.5, 0.6) is 5.75 Å². The van der Waals surface area contributed by atoms with Gasteiger partial charge in [0.05, 0.1) is 11.6 Å². The molecule has 1 aliphatic rings. The number of nitrogens with zero attached hydrogens (tertiary/aromatic N) is 2. The van der Waals surface area contributed by atoms with Crippen LogP contribution in [-0.2, 0) is 6.54 Å². The second-order valence-electron chi connectivity index (χ2n) is 6.68. The van der Waals surface area contributed by atoms with E-state index in [2.05, 4.69) is 4.90 Å². The normalized spacial score (nSPS) is 16.8. The molecule has 0 bridgehead atoms. The Kier molecular flexibility index (Phi) is 5.23. The van der Waals surface area contributed by atoms with E-state index in [9.17, 15) is 14.3 Å². The molecular formula is C20H25FN2O2. The predicted molar refractivity (Wildman–Crippen MR) is 96.4 cm³/mol. The molecule has 3 rings (SSSR count). The second kappa shape index (κ2) is 7.40. The quantitative estimate of drug-likeness (QED) is 0.922. The lowest BCUT2D eigenvalue weighted by Gasteiger charge is -2.35. The third-order valence-electron chi connectivity index (χ3n) is 5.05. The van der Waals surface area contributed by atoms with Crippen LogP contribution in [0.4, 0.5) is 4.39 Å². The highest BCUT2D eigenvalue weighted by Crippen LogP contribution is 2.34. The fourth-order valence-corrected chi connectivity index (χ4v) is 3.80. The molecule has 1 aromatic heterocycles. The molecule has 1 fully saturated rings. The Morgan fingerprint density at radius 1 is 1.16 bits per heavy atom. The molecule has 0 spiro atoms. The Morgan fingerprint density at radius 2 is 1.80 bits per heavy atom. The highest BCUT2D eigenvalue weighted by atomic mass is 19.1. The molecule has 4 nitrogen and oxygen atoms in total. The first-order valence-corrected chi connectivity index (χ1v) is 8.95. The number of benzene rings is 1. The number of halogens is 1. The predicted octanol–water partition coefficient (Wildman–Crippen LogP) is 3.60. The first-order chi connectivity index (χ1) is 12.0. The fourth-order valence-electron chi connectivity index (χ4n) is 3.80. The maximum atomic E-state index is 13.4. The van der Waals surface area contributed by atoms with Gasteiger partial charge in [0.25, 0.3) is 5.56 Å². The molecule has 134 valence electrons. The van der Waals surface area contributed by atoms with Gasteiger partial charge in [-0.2, -0.15) is 0 Å². The minimum atomic E-state index is -0.355. The Labute approximate surface area is 147 Å². The summed E-state index contributed by atoms with van der Waals surface area (Å²) in [6.07, 6.45) is 3.30. The third-order valence-corrected chi connectivity index (χ3v) is 5.05. The number of aromatic nitrogens is 1. The van der Waals surface area contributed by atoms with Crippen LogP contribution in [0.25, 0.3) is 0 Å². The van der Waals surface area contributed by atoms with E-state index in [1.165, 1.54) is 18.6 Å². The number of pyridine rings is 1. The number of aromatic hydroxyl groups is 1. The topological polar surface area (TPSA) is 45.5 Å². The van der Waals surface area contributed by atoms with E-state index in [-0.39, 0.29) is 23.2 Å². The molecule has 25 heavy (non-hydrogen) atoms. The molecule has 2 aromatic rings. The van der Waals surface area contributed by atoms with E-state index in [0.29, 0.717) is 12.1 Å². The van der Waals surface area contributed by atoms with Crippen molar-refractivity contribution in [2.45, 2.75) is 45.7 Å². The van der Waals surface area contributed by atoms with Crippen LogP contribution in [0.3, 0.4) is 0 Å². The minimum Gasteiger partial charge on any atom is -0.507 e. The molecule has 0 radical (unpaired) electrons. The Hall–Kier alpha value is -2.14. The van der Waals surface area contributed by atoms with E-state index in [0.717, 1.165) is 37.2 Å². The van der Waals surface area contributed by atoms with Gasteiger partial charge in [0, 0.05) is 12.2 Å². The van der Waals surface area contributed by atoms with Crippen molar-refractivity contribution in [3.05, 3.63) is 63.3 Å². The molecule has 1 aromatic carbocycles. The highest BCUT2D eigenvalue weighted by Gasteiger charge is 2.29. The van der Waals surface area contributed by atoms with Crippen molar-refractivity contribution in [2.75, 3.05) is 13.1 Å². The number of likely N-dealkylation sites (tertiary alicyclic amines) is 1. The summed E-state index contributed by atoms with van der Waals surface area (Å²) in [4.78, 5) is 15.3. The lowest BCUT2D eigenvalue weighted by Crippen LogP contribution is -2.38. The van der Waals surface area contributed by atoms with Gasteiger partial charge < -0.3 is 9.67 Å². The molecule has 1 aliphatic heterocycles. The minimum absolute atomic E-state index is 0.0205. The maximum absolute atomic E-state index is 13.4. The van der Waals surface area contributed by atoms with Gasteiger partial charge in [0.2, 0.25) is 0 Å². The van der Waals surface area contributed by atoms with Crippen molar-refractivity contribution < 1.29 is 9.50 Å². The van der Waals surface area contributed by atoms with E-state index < -0.39 is 0 Å². The summed E-state index contributed by atoms with van der Waals surface area (Å²) in [6.45, 7) is 6.02. The first kappa shape index (κ1) is 17.7. The van der Waals surface area contributed by atoms with E-state index in [4.69, 9.17) is 0 Å². The van der Waals surface area contributed by atoms with Crippen molar-refractivity contribution in [2.24, 2.45) is 0 Å². The van der Waals surface area contributed by atoms with E-state index in [1.54, 1.807) is 22.8 Å². The second-order valence-corrected chi connectivity index (χ2v) is 6.68. The average Bonchev–Trinajstić information content (AvgIpc) is 2.60. The van der Waals surface area contributed by atoms with Crippen LogP contribution in [-0.4, -0.2) is 27.7 Å². The molecule has 0 aliphatic carbocycles. The summed E-state index contributed by atoms with van der Waals surface area (Å²) in [6, 6.07) is 7.55. The molecule has 1 saturated heterocycles. The summed E-state index contributed by atoms with van der Waals surface area (Å²) >= 11 is 0. The zero-order valence-electron chi connectivity index (χ0n) is 14.8. The summed E-state index contributed by atoms with van der Waals surface area (Å²) < 4.78 is 15.1. The molecular weight excluding hydrogens is 319 g/mol. The summed E-state index contributed by atoms with van der Waals surface area (Å²) in [5.74, 6) is -0.285. The van der Waals surface area contributed by atoms with Crippen LogP contribution < -0.4 is 5.56 Å². The summed E-state index contributed by atoms with van der Waals surface area (Å²) in [7, 11) is 0. The number of piperidine rings is 1. The third kappa shape index (κ3) is 3.47. The Morgan fingerprint density at radius 3 is 2.40 bits per heavy atom. The van der Waals surface area contributed by atoms with Crippen molar-refractivity contribution >= 4 is 0 Å². The summed E-state index contributed by atoms with van der Waals surface area (Å²) in [5, 5.41) is 10.6. The van der Waals surface area contributed by atoms with Crippen molar-refractivity contribution in [1.29, 1.82) is 0 Å². The van der Waals surface area contributed by atoms with Crippen molar-refractivity contribution in [3.63, 3.8) is 0 Å². The largest absolute Gasteiger partial charge is 0.507 e. The van der Waals surface area contributed by atoms with Gasteiger partial charge in [-0.3, -0.25) is 9.69 Å². The van der Waals surface area contributed by atoms with Gasteiger partial charge in [-0.15, -0.1) is 0 Å². The van der Waals surface area contributed by atoms with Gasteiger partial charge in [-0.1, -0.05) is 18.6 Å². The van der Waals surface area contributed by atoms with Gasteiger partial charge in [-0.05, 0) is 63.5 Å². The molecule has 1 N–H and O–H groups in total. The van der Waals surface area contributed by atoms with Crippen LogP contribution in [0, 0.1) is 12.7 Å². The average molecular weight is 344 g/mol. The summed E-state index contributed by atoms with van der Waals surface area (Å²) in [5.41, 5.74) is 1.80. The van der Waals surface area contributed by atoms with Crippen LogP contribution in [0.15, 0.2) is 35.1 Å². The fraction of sp³-hybridized carbons (Fsp3) is 0.450. The van der Waals surface area contributed by atoms with Crippen LogP contribution in [0.2, 0.25) is 0 Å². The first-order valence-electron chi connectivity index (χ1n) is 8.95. The highest BCUT2D eigenvalue weighted by molar-refractivity contribution is 5.41. The molecule has 0 saturated carbocycles. The zero-order valence-corrected chi connectivity index (χ0v) is 14.8. The smallest absolute Gasteiger partial charge is 0.259 e. The van der Waals surface area contributed by atoms with Crippen LogP contribution in [0.1, 0.15) is 49.0 Å². The SMILES string of the molecule is CCn1c(C)cc(O)c([C@@H](c2ccc(F)cc2)N2CCCCC2)c1=O. The molecule has 5 heteroatoms. The van der Waals surface area contributed by atoms with Gasteiger partial charge in [-0.25, -0.2) is 4.39 Å². The maximum Gasteiger partial charge on any atom is 0.259 e. The molecule has 1 atom stereocenters. The van der Waals surface area contributed by atoms with Crippen molar-refractivity contribution in [1.82, 2.24) is 9.47 Å². The Balaban J connectivity index is 2.18. The lowest BCUT2D eigenvalue weighted by molar-refractivity contribution is 0.183. The number of aryl methyl sites for hydroxylation is 1. The number of hydrogen-bond donors (Lipinski definition) is 1. The van der Waals surface area contributed by atoms with Crippen LogP contribution >= 0.6 is 0 Å². The number of rotatable bonds is 4. The zero-order chi connectivity index (χ0) is 18.0. The number of hydrogen-bond acceptors (Lipinski definition) is 3. The molecule has 0 unspecified atom stereocenters. The van der Waals surface area contributed by atoms with Crippen molar-refractivity contribution in [3.8, 4) is 5.75 Å². The molecule has 2 heterocycles. The molecule has 0 amide bonds. The monoisotopic (exact) mass is 344 g/mol. The van der Waals surface area contributed by atoms with Gasteiger partial charge in [0.15, 0.2) is 0 Å². The van der Waals surface area contributed by atoms with Gasteiger partial charge in [0.1, 0.15) is 11.6 Å². The van der Waals surface area contributed by atoms with E-state index in [1.807, 2.05) is 13.8 Å². The standard InChI is InChI=1S/C20H25FN2O2/c1-3-23-14(2)13-17(24)18(20(23)25)19(22-11-5-4-6-12-22)15-7-9-16(21)10-8-15/h7-10,13,19,24H,3-6,11-12H2,1-2H3/t19-/m1/s1. The Bertz CT molecular complexity index is 793.